The molecule has 1 aromatic carbocycles. The van der Waals surface area contributed by atoms with E-state index in [0.29, 0.717) is 16.7 Å². The van der Waals surface area contributed by atoms with Crippen molar-refractivity contribution in [2.75, 3.05) is 0 Å². The second kappa shape index (κ2) is 3.20. The second-order valence-electron chi connectivity index (χ2n) is 4.42. The number of rotatable bonds is 1. The lowest BCUT2D eigenvalue weighted by Crippen LogP contribution is -1.92. The van der Waals surface area contributed by atoms with Crippen LogP contribution in [0.15, 0.2) is 28.7 Å². The van der Waals surface area contributed by atoms with Crippen molar-refractivity contribution in [1.29, 1.82) is 0 Å². The topological polar surface area (TPSA) is 38.9 Å². The Balaban J connectivity index is 2.14. The quantitative estimate of drug-likeness (QED) is 0.609. The van der Waals surface area contributed by atoms with Crippen molar-refractivity contribution < 1.29 is 4.42 Å². The molecule has 0 bridgehead atoms. The van der Waals surface area contributed by atoms with E-state index in [1.165, 1.54) is 0 Å². The normalized spacial score (nSPS) is 15.8. The summed E-state index contributed by atoms with van der Waals surface area (Å²) in [5.74, 6) is 1.35. The summed E-state index contributed by atoms with van der Waals surface area (Å²) < 4.78 is 5.68. The smallest absolute Gasteiger partial charge is 0.191 e. The lowest BCUT2D eigenvalue weighted by molar-refractivity contribution is 0.664. The van der Waals surface area contributed by atoms with Crippen molar-refractivity contribution in [1.82, 2.24) is 9.97 Å². The molecule has 1 fully saturated rings. The highest BCUT2D eigenvalue weighted by Gasteiger charge is 2.28. The molecule has 0 radical (unpaired) electrons. The summed E-state index contributed by atoms with van der Waals surface area (Å²) in [6.45, 7) is 0. The first-order valence-corrected chi connectivity index (χ1v) is 6.05. The molecular formula is C13H9ClN2O. The summed E-state index contributed by atoms with van der Waals surface area (Å²) in [4.78, 5) is 8.92. The van der Waals surface area contributed by atoms with E-state index in [1.807, 2.05) is 24.3 Å². The average Bonchev–Trinajstić information content (AvgIpc) is 3.11. The molecule has 2 heterocycles. The fraction of sp³-hybridized carbons (Fsp3) is 0.231. The van der Waals surface area contributed by atoms with Crippen LogP contribution in [0.25, 0.3) is 22.1 Å². The Morgan fingerprint density at radius 1 is 1.18 bits per heavy atom. The molecule has 0 atom stereocenters. The monoisotopic (exact) mass is 244 g/mol. The van der Waals surface area contributed by atoms with Gasteiger partial charge in [-0.25, -0.2) is 9.97 Å². The van der Waals surface area contributed by atoms with E-state index in [4.69, 9.17) is 16.0 Å². The van der Waals surface area contributed by atoms with Gasteiger partial charge in [0.15, 0.2) is 10.7 Å². The largest absolute Gasteiger partial charge is 0.451 e. The summed E-state index contributed by atoms with van der Waals surface area (Å²) in [5, 5.41) is 1.43. The van der Waals surface area contributed by atoms with Gasteiger partial charge in [0.05, 0.1) is 0 Å². The molecule has 0 amide bonds. The van der Waals surface area contributed by atoms with E-state index in [-0.39, 0.29) is 0 Å². The van der Waals surface area contributed by atoms with E-state index < -0.39 is 0 Å². The fourth-order valence-electron chi connectivity index (χ4n) is 2.10. The highest BCUT2D eigenvalue weighted by atomic mass is 35.5. The van der Waals surface area contributed by atoms with Gasteiger partial charge in [-0.15, -0.1) is 0 Å². The van der Waals surface area contributed by atoms with Gasteiger partial charge in [-0.1, -0.05) is 23.7 Å². The zero-order chi connectivity index (χ0) is 11.4. The van der Waals surface area contributed by atoms with E-state index in [0.717, 1.165) is 35.2 Å². The molecule has 17 heavy (non-hydrogen) atoms. The number of benzene rings is 1. The molecule has 0 spiro atoms. The van der Waals surface area contributed by atoms with Crippen molar-refractivity contribution in [3.63, 3.8) is 0 Å². The third-order valence-electron chi connectivity index (χ3n) is 3.14. The third kappa shape index (κ3) is 1.35. The molecule has 84 valence electrons. The van der Waals surface area contributed by atoms with Crippen LogP contribution in [0.1, 0.15) is 24.6 Å². The minimum atomic E-state index is 0.424. The van der Waals surface area contributed by atoms with Crippen LogP contribution in [0, 0.1) is 0 Å². The number of para-hydroxylation sites is 1. The molecule has 1 aliphatic carbocycles. The number of fused-ring (bicyclic) bond motifs is 3. The van der Waals surface area contributed by atoms with Crippen LogP contribution in [0.3, 0.4) is 0 Å². The second-order valence-corrected chi connectivity index (χ2v) is 4.78. The fourth-order valence-corrected chi connectivity index (χ4v) is 2.31. The molecule has 0 aliphatic heterocycles. The van der Waals surface area contributed by atoms with Gasteiger partial charge in [-0.2, -0.15) is 0 Å². The Bertz CT molecular complexity index is 731. The lowest BCUT2D eigenvalue weighted by Gasteiger charge is -1.97. The summed E-state index contributed by atoms with van der Waals surface area (Å²) in [5.41, 5.74) is 2.24. The van der Waals surface area contributed by atoms with Gasteiger partial charge in [-0.05, 0) is 25.0 Å². The summed E-state index contributed by atoms with van der Waals surface area (Å²) in [6.07, 6.45) is 2.33. The zero-order valence-electron chi connectivity index (χ0n) is 8.98. The van der Waals surface area contributed by atoms with Crippen molar-refractivity contribution >= 4 is 33.7 Å². The van der Waals surface area contributed by atoms with Crippen LogP contribution in [-0.4, -0.2) is 9.97 Å². The number of hydrogen-bond acceptors (Lipinski definition) is 3. The SMILES string of the molecule is Clc1nc(C2CC2)nc2c1oc1ccccc12. The van der Waals surface area contributed by atoms with Gasteiger partial charge in [-0.3, -0.25) is 0 Å². The van der Waals surface area contributed by atoms with Gasteiger partial charge in [0.25, 0.3) is 0 Å². The predicted molar refractivity (Wildman–Crippen MR) is 66.3 cm³/mol. The average molecular weight is 245 g/mol. The van der Waals surface area contributed by atoms with E-state index in [2.05, 4.69) is 9.97 Å². The molecular weight excluding hydrogens is 236 g/mol. The van der Waals surface area contributed by atoms with Crippen LogP contribution in [0.2, 0.25) is 5.15 Å². The first kappa shape index (κ1) is 9.42. The summed E-state index contributed by atoms with van der Waals surface area (Å²) in [7, 11) is 0. The van der Waals surface area contributed by atoms with Gasteiger partial charge in [0.2, 0.25) is 0 Å². The highest BCUT2D eigenvalue weighted by molar-refractivity contribution is 6.34. The Kier molecular flexibility index (Phi) is 1.77. The molecule has 2 aromatic heterocycles. The first-order chi connectivity index (χ1) is 8.33. The van der Waals surface area contributed by atoms with E-state index in [1.54, 1.807) is 0 Å². The van der Waals surface area contributed by atoms with Crippen molar-refractivity contribution in [2.45, 2.75) is 18.8 Å². The molecule has 1 aliphatic rings. The van der Waals surface area contributed by atoms with E-state index in [9.17, 15) is 0 Å². The van der Waals surface area contributed by atoms with Gasteiger partial charge in [0.1, 0.15) is 16.9 Å². The minimum absolute atomic E-state index is 0.424. The molecule has 0 unspecified atom stereocenters. The standard InChI is InChI=1S/C13H9ClN2O/c14-12-11-10(15-13(16-12)7-5-6-7)8-3-1-2-4-9(8)17-11/h1-4,7H,5-6H2. The Labute approximate surface area is 102 Å². The Morgan fingerprint density at radius 2 is 2.00 bits per heavy atom. The molecule has 3 nitrogen and oxygen atoms in total. The maximum atomic E-state index is 6.16. The van der Waals surface area contributed by atoms with Crippen molar-refractivity contribution in [2.24, 2.45) is 0 Å². The molecule has 1 saturated carbocycles. The zero-order valence-corrected chi connectivity index (χ0v) is 9.74. The number of halogens is 1. The van der Waals surface area contributed by atoms with Gasteiger partial charge < -0.3 is 4.42 Å². The number of nitrogens with zero attached hydrogens (tertiary/aromatic N) is 2. The van der Waals surface area contributed by atoms with Gasteiger partial charge in [0, 0.05) is 11.3 Å². The van der Waals surface area contributed by atoms with Crippen LogP contribution in [-0.2, 0) is 0 Å². The maximum absolute atomic E-state index is 6.16. The predicted octanol–water partition coefficient (Wildman–Crippen LogP) is 3.91. The molecule has 4 rings (SSSR count). The molecule has 3 aromatic rings. The first-order valence-electron chi connectivity index (χ1n) is 5.67. The minimum Gasteiger partial charge on any atom is -0.451 e. The van der Waals surface area contributed by atoms with Crippen LogP contribution in [0.5, 0.6) is 0 Å². The van der Waals surface area contributed by atoms with Gasteiger partial charge >= 0.3 is 0 Å². The van der Waals surface area contributed by atoms with Crippen LogP contribution >= 0.6 is 11.6 Å². The van der Waals surface area contributed by atoms with Crippen molar-refractivity contribution in [3.8, 4) is 0 Å². The highest BCUT2D eigenvalue weighted by Crippen LogP contribution is 2.40. The van der Waals surface area contributed by atoms with Crippen molar-refractivity contribution in [3.05, 3.63) is 35.2 Å². The maximum Gasteiger partial charge on any atom is 0.191 e. The molecule has 4 heteroatoms. The summed E-state index contributed by atoms with van der Waals surface area (Å²) >= 11 is 6.16. The Hall–Kier alpha value is -1.61. The lowest BCUT2D eigenvalue weighted by atomic mass is 10.2. The van der Waals surface area contributed by atoms with E-state index >= 15 is 0 Å². The third-order valence-corrected chi connectivity index (χ3v) is 3.39. The van der Waals surface area contributed by atoms with Crippen LogP contribution < -0.4 is 0 Å². The number of aromatic nitrogens is 2. The Morgan fingerprint density at radius 3 is 2.82 bits per heavy atom. The summed E-state index contributed by atoms with van der Waals surface area (Å²) in [6, 6.07) is 7.84. The molecule has 0 saturated heterocycles. The number of hydrogen-bond donors (Lipinski definition) is 0. The molecule has 0 N–H and O–H groups in total. The van der Waals surface area contributed by atoms with Crippen LogP contribution in [0.4, 0.5) is 0 Å². The number of furan rings is 1.